The molecular formula is C19H28N2O3. The third-order valence-electron chi connectivity index (χ3n) is 3.76. The molecule has 0 saturated heterocycles. The van der Waals surface area contributed by atoms with Crippen molar-refractivity contribution in [3.63, 3.8) is 0 Å². The highest BCUT2D eigenvalue weighted by Crippen LogP contribution is 2.08. The SMILES string of the molecule is CCCCCCCCC(=O)N/N=C(\CCC(=O)O)c1ccccc1. The molecule has 1 aromatic rings. The van der Waals surface area contributed by atoms with E-state index in [1.165, 1.54) is 19.3 Å². The molecule has 0 saturated carbocycles. The molecule has 1 amide bonds. The van der Waals surface area contributed by atoms with Crippen LogP contribution in [-0.2, 0) is 9.59 Å². The Bertz CT molecular complexity index is 527. The van der Waals surface area contributed by atoms with Gasteiger partial charge in [0.1, 0.15) is 0 Å². The van der Waals surface area contributed by atoms with Crippen molar-refractivity contribution >= 4 is 17.6 Å². The largest absolute Gasteiger partial charge is 0.481 e. The molecule has 5 nitrogen and oxygen atoms in total. The van der Waals surface area contributed by atoms with Gasteiger partial charge in [-0.3, -0.25) is 9.59 Å². The fourth-order valence-corrected chi connectivity index (χ4v) is 2.37. The molecule has 5 heteroatoms. The van der Waals surface area contributed by atoms with E-state index in [1.807, 2.05) is 30.3 Å². The van der Waals surface area contributed by atoms with E-state index >= 15 is 0 Å². The number of nitrogens with one attached hydrogen (secondary N) is 1. The van der Waals surface area contributed by atoms with E-state index in [4.69, 9.17) is 5.11 Å². The topological polar surface area (TPSA) is 78.8 Å². The van der Waals surface area contributed by atoms with E-state index in [0.717, 1.165) is 24.8 Å². The zero-order valence-corrected chi connectivity index (χ0v) is 14.5. The second-order valence-electron chi connectivity index (χ2n) is 5.87. The van der Waals surface area contributed by atoms with E-state index < -0.39 is 5.97 Å². The molecule has 0 aromatic heterocycles. The number of nitrogens with zero attached hydrogens (tertiary/aromatic N) is 1. The highest BCUT2D eigenvalue weighted by Gasteiger charge is 2.08. The molecule has 0 radical (unpaired) electrons. The molecule has 0 bridgehead atoms. The number of carbonyl (C=O) groups excluding carboxylic acids is 1. The molecule has 0 heterocycles. The second-order valence-corrected chi connectivity index (χ2v) is 5.87. The monoisotopic (exact) mass is 332 g/mol. The fraction of sp³-hybridized carbons (Fsp3) is 0.526. The van der Waals surface area contributed by atoms with Gasteiger partial charge in [-0.2, -0.15) is 5.10 Å². The zero-order valence-electron chi connectivity index (χ0n) is 14.5. The van der Waals surface area contributed by atoms with Crippen LogP contribution < -0.4 is 5.43 Å². The van der Waals surface area contributed by atoms with Gasteiger partial charge in [0.2, 0.25) is 5.91 Å². The molecule has 0 atom stereocenters. The van der Waals surface area contributed by atoms with E-state index in [1.54, 1.807) is 0 Å². The van der Waals surface area contributed by atoms with E-state index in [-0.39, 0.29) is 18.7 Å². The first-order valence-corrected chi connectivity index (χ1v) is 8.76. The maximum absolute atomic E-state index is 11.9. The number of rotatable bonds is 12. The predicted octanol–water partition coefficient (Wildman–Crippen LogP) is 4.12. The van der Waals surface area contributed by atoms with Crippen LogP contribution in [0.2, 0.25) is 0 Å². The number of carboxylic acids is 1. The normalized spacial score (nSPS) is 11.3. The number of amides is 1. The Morgan fingerprint density at radius 1 is 0.958 bits per heavy atom. The molecule has 0 unspecified atom stereocenters. The highest BCUT2D eigenvalue weighted by atomic mass is 16.4. The van der Waals surface area contributed by atoms with Crippen LogP contribution in [0.4, 0.5) is 0 Å². The van der Waals surface area contributed by atoms with Crippen LogP contribution in [0.3, 0.4) is 0 Å². The quantitative estimate of drug-likeness (QED) is 0.343. The minimum Gasteiger partial charge on any atom is -0.481 e. The van der Waals surface area contributed by atoms with Crippen LogP contribution in [0.5, 0.6) is 0 Å². The number of hydrogen-bond acceptors (Lipinski definition) is 3. The third-order valence-corrected chi connectivity index (χ3v) is 3.76. The summed E-state index contributed by atoms with van der Waals surface area (Å²) in [4.78, 5) is 22.7. The van der Waals surface area contributed by atoms with Crippen LogP contribution in [0.1, 0.15) is 70.3 Å². The molecule has 0 fully saturated rings. The first kappa shape index (κ1) is 19.9. The van der Waals surface area contributed by atoms with Crippen molar-refractivity contribution in [2.24, 2.45) is 5.10 Å². The molecule has 132 valence electrons. The Kier molecular flexibility index (Phi) is 10.2. The fourth-order valence-electron chi connectivity index (χ4n) is 2.37. The Balaban J connectivity index is 2.45. The van der Waals surface area contributed by atoms with Gasteiger partial charge in [-0.05, 0) is 12.0 Å². The van der Waals surface area contributed by atoms with Crippen molar-refractivity contribution in [2.75, 3.05) is 0 Å². The molecule has 0 aliphatic heterocycles. The number of carbonyl (C=O) groups is 2. The van der Waals surface area contributed by atoms with Crippen LogP contribution in [0.25, 0.3) is 0 Å². The molecule has 24 heavy (non-hydrogen) atoms. The van der Waals surface area contributed by atoms with Crippen LogP contribution in [-0.4, -0.2) is 22.7 Å². The summed E-state index contributed by atoms with van der Waals surface area (Å²) in [7, 11) is 0. The van der Waals surface area contributed by atoms with E-state index in [9.17, 15) is 9.59 Å². The van der Waals surface area contributed by atoms with Gasteiger partial charge < -0.3 is 5.11 Å². The summed E-state index contributed by atoms with van der Waals surface area (Å²) in [6, 6.07) is 9.34. The van der Waals surface area contributed by atoms with Crippen LogP contribution >= 0.6 is 0 Å². The summed E-state index contributed by atoms with van der Waals surface area (Å²) in [5, 5.41) is 13.0. The third kappa shape index (κ3) is 9.08. The van der Waals surface area contributed by atoms with Crippen LogP contribution in [0.15, 0.2) is 35.4 Å². The average molecular weight is 332 g/mol. The van der Waals surface area contributed by atoms with Crippen molar-refractivity contribution in [1.29, 1.82) is 0 Å². The summed E-state index contributed by atoms with van der Waals surface area (Å²) in [5.41, 5.74) is 3.99. The van der Waals surface area contributed by atoms with Gasteiger partial charge in [-0.1, -0.05) is 69.4 Å². The van der Waals surface area contributed by atoms with Crippen molar-refractivity contribution in [3.8, 4) is 0 Å². The smallest absolute Gasteiger partial charge is 0.303 e. The Morgan fingerprint density at radius 3 is 2.29 bits per heavy atom. The minimum absolute atomic E-state index is 0.0129. The predicted molar refractivity (Wildman–Crippen MR) is 96.0 cm³/mol. The van der Waals surface area contributed by atoms with Gasteiger partial charge in [-0.15, -0.1) is 0 Å². The lowest BCUT2D eigenvalue weighted by Crippen LogP contribution is -2.20. The van der Waals surface area contributed by atoms with Gasteiger partial charge >= 0.3 is 5.97 Å². The first-order chi connectivity index (χ1) is 11.6. The molecule has 0 aliphatic rings. The number of carboxylic acid groups (broad SMARTS) is 1. The number of hydrogen-bond donors (Lipinski definition) is 2. The second kappa shape index (κ2) is 12.3. The van der Waals surface area contributed by atoms with Gasteiger partial charge in [0.15, 0.2) is 0 Å². The Labute approximate surface area is 144 Å². The zero-order chi connectivity index (χ0) is 17.6. The summed E-state index contributed by atoms with van der Waals surface area (Å²) in [6.07, 6.45) is 7.51. The van der Waals surface area contributed by atoms with Crippen molar-refractivity contribution < 1.29 is 14.7 Å². The number of aliphatic carboxylic acids is 1. The first-order valence-electron chi connectivity index (χ1n) is 8.76. The number of benzene rings is 1. The van der Waals surface area contributed by atoms with Crippen molar-refractivity contribution in [2.45, 2.75) is 64.7 Å². The van der Waals surface area contributed by atoms with Gasteiger partial charge in [-0.25, -0.2) is 5.43 Å². The average Bonchev–Trinajstić information content (AvgIpc) is 2.58. The molecule has 0 spiro atoms. The lowest BCUT2D eigenvalue weighted by molar-refractivity contribution is -0.136. The summed E-state index contributed by atoms with van der Waals surface area (Å²) < 4.78 is 0. The summed E-state index contributed by atoms with van der Waals surface area (Å²) in [5.74, 6) is -0.994. The van der Waals surface area contributed by atoms with Gasteiger partial charge in [0.05, 0.1) is 12.1 Å². The number of unbranched alkanes of at least 4 members (excludes halogenated alkanes) is 5. The Morgan fingerprint density at radius 2 is 1.62 bits per heavy atom. The maximum atomic E-state index is 11.9. The van der Waals surface area contributed by atoms with Crippen LogP contribution in [0, 0.1) is 0 Å². The molecule has 2 N–H and O–H groups in total. The highest BCUT2D eigenvalue weighted by molar-refractivity contribution is 6.02. The minimum atomic E-state index is -0.878. The lowest BCUT2D eigenvalue weighted by Gasteiger charge is -2.06. The lowest BCUT2D eigenvalue weighted by atomic mass is 10.1. The molecular weight excluding hydrogens is 304 g/mol. The standard InChI is InChI=1S/C19H28N2O3/c1-2-3-4-5-6-10-13-18(22)21-20-17(14-15-19(23)24)16-11-8-7-9-12-16/h7-9,11-12H,2-6,10,13-15H2,1H3,(H,21,22)(H,23,24)/b20-17+. The molecule has 1 aromatic carbocycles. The van der Waals surface area contributed by atoms with E-state index in [2.05, 4.69) is 17.5 Å². The van der Waals surface area contributed by atoms with Crippen molar-refractivity contribution in [3.05, 3.63) is 35.9 Å². The van der Waals surface area contributed by atoms with Crippen molar-refractivity contribution in [1.82, 2.24) is 5.43 Å². The Hall–Kier alpha value is -2.17. The molecule has 0 aliphatic carbocycles. The summed E-state index contributed by atoms with van der Waals surface area (Å²) >= 11 is 0. The summed E-state index contributed by atoms with van der Waals surface area (Å²) in [6.45, 7) is 2.18. The van der Waals surface area contributed by atoms with E-state index in [0.29, 0.717) is 12.1 Å². The maximum Gasteiger partial charge on any atom is 0.303 e. The van der Waals surface area contributed by atoms with Gasteiger partial charge in [0, 0.05) is 12.8 Å². The molecule has 1 rings (SSSR count). The van der Waals surface area contributed by atoms with Gasteiger partial charge in [0.25, 0.3) is 0 Å². The number of hydrazone groups is 1.